The van der Waals surface area contributed by atoms with Crippen molar-refractivity contribution in [3.05, 3.63) is 35.9 Å². The Morgan fingerprint density at radius 3 is 2.43 bits per heavy atom. The Kier molecular flexibility index (Phi) is 5.92. The van der Waals surface area contributed by atoms with Gasteiger partial charge in [-0.15, -0.1) is 12.4 Å². The zero-order valence-corrected chi connectivity index (χ0v) is 8.96. The van der Waals surface area contributed by atoms with E-state index in [4.69, 9.17) is 5.73 Å². The van der Waals surface area contributed by atoms with Gasteiger partial charge in [0.25, 0.3) is 5.91 Å². The van der Waals surface area contributed by atoms with E-state index >= 15 is 0 Å². The number of halogens is 1. The predicted octanol–water partition coefficient (Wildman–Crippen LogP) is 1.14. The van der Waals surface area contributed by atoms with Gasteiger partial charge in [0, 0.05) is 25.7 Å². The maximum Gasteiger partial charge on any atom is 0.253 e. The van der Waals surface area contributed by atoms with E-state index in [-0.39, 0.29) is 18.3 Å². The Balaban J connectivity index is 0.00000169. The molecule has 0 saturated heterocycles. The number of rotatable bonds is 3. The summed E-state index contributed by atoms with van der Waals surface area (Å²) in [7, 11) is 1.75. The molecule has 78 valence electrons. The van der Waals surface area contributed by atoms with Gasteiger partial charge in [-0.2, -0.15) is 0 Å². The van der Waals surface area contributed by atoms with Crippen LogP contribution in [-0.2, 0) is 0 Å². The van der Waals surface area contributed by atoms with Crippen molar-refractivity contribution < 1.29 is 4.79 Å². The molecule has 4 heteroatoms. The zero-order valence-electron chi connectivity index (χ0n) is 8.14. The molecule has 0 unspecified atom stereocenters. The van der Waals surface area contributed by atoms with Crippen molar-refractivity contribution in [3.63, 3.8) is 0 Å². The van der Waals surface area contributed by atoms with E-state index in [9.17, 15) is 4.79 Å². The molecule has 3 nitrogen and oxygen atoms in total. The highest BCUT2D eigenvalue weighted by Gasteiger charge is 2.08. The minimum Gasteiger partial charge on any atom is -0.340 e. The number of nitrogens with two attached hydrogens (primary N) is 1. The smallest absolute Gasteiger partial charge is 0.253 e. The van der Waals surface area contributed by atoms with Gasteiger partial charge in [0.15, 0.2) is 0 Å². The number of nitrogens with zero attached hydrogens (tertiary/aromatic N) is 1. The highest BCUT2D eigenvalue weighted by molar-refractivity contribution is 5.93. The summed E-state index contributed by atoms with van der Waals surface area (Å²) < 4.78 is 0. The Hall–Kier alpha value is -1.06. The molecule has 0 aliphatic rings. The van der Waals surface area contributed by atoms with Crippen LogP contribution in [0, 0.1) is 0 Å². The second kappa shape index (κ2) is 6.40. The first-order valence-corrected chi connectivity index (χ1v) is 4.26. The summed E-state index contributed by atoms with van der Waals surface area (Å²) >= 11 is 0. The lowest BCUT2D eigenvalue weighted by molar-refractivity contribution is 0.0799. The summed E-state index contributed by atoms with van der Waals surface area (Å²) in [5.41, 5.74) is 6.06. The van der Waals surface area contributed by atoms with E-state index in [1.807, 2.05) is 18.2 Å². The Morgan fingerprint density at radius 1 is 1.36 bits per heavy atom. The van der Waals surface area contributed by atoms with Crippen molar-refractivity contribution in [1.29, 1.82) is 0 Å². The molecule has 1 aromatic carbocycles. The molecule has 0 radical (unpaired) electrons. The lowest BCUT2D eigenvalue weighted by Gasteiger charge is -2.15. The van der Waals surface area contributed by atoms with E-state index in [2.05, 4.69) is 0 Å². The van der Waals surface area contributed by atoms with Gasteiger partial charge in [0.05, 0.1) is 0 Å². The third-order valence-electron chi connectivity index (χ3n) is 1.83. The van der Waals surface area contributed by atoms with Crippen molar-refractivity contribution >= 4 is 18.3 Å². The molecule has 0 aromatic heterocycles. The van der Waals surface area contributed by atoms with E-state index < -0.39 is 0 Å². The third kappa shape index (κ3) is 3.36. The molecule has 0 fully saturated rings. The van der Waals surface area contributed by atoms with Gasteiger partial charge in [-0.1, -0.05) is 18.2 Å². The standard InChI is InChI=1S/C10H14N2O.ClH/c1-12(8-7-11)10(13)9-5-3-2-4-6-9;/h2-6H,7-8,11H2,1H3;1H. The van der Waals surface area contributed by atoms with Gasteiger partial charge in [-0.05, 0) is 12.1 Å². The summed E-state index contributed by atoms with van der Waals surface area (Å²) in [4.78, 5) is 13.2. The first-order valence-electron chi connectivity index (χ1n) is 4.26. The highest BCUT2D eigenvalue weighted by atomic mass is 35.5. The average Bonchev–Trinajstić information content (AvgIpc) is 2.18. The van der Waals surface area contributed by atoms with Crippen molar-refractivity contribution in [1.82, 2.24) is 4.90 Å². The van der Waals surface area contributed by atoms with Crippen LogP contribution < -0.4 is 5.73 Å². The normalized spacial score (nSPS) is 9.00. The molecule has 0 aliphatic heterocycles. The molecule has 0 saturated carbocycles. The molecule has 0 spiro atoms. The third-order valence-corrected chi connectivity index (χ3v) is 1.83. The fraction of sp³-hybridized carbons (Fsp3) is 0.300. The summed E-state index contributed by atoms with van der Waals surface area (Å²) in [6.45, 7) is 1.09. The lowest BCUT2D eigenvalue weighted by atomic mass is 10.2. The van der Waals surface area contributed by atoms with Gasteiger partial charge < -0.3 is 10.6 Å². The molecule has 0 bridgehead atoms. The first-order chi connectivity index (χ1) is 6.25. The number of carbonyl (C=O) groups excluding carboxylic acids is 1. The molecule has 0 aliphatic carbocycles. The molecular weight excluding hydrogens is 200 g/mol. The van der Waals surface area contributed by atoms with Crippen molar-refractivity contribution in [2.75, 3.05) is 20.1 Å². The molecule has 1 aromatic rings. The number of carbonyl (C=O) groups is 1. The maximum absolute atomic E-state index is 11.6. The summed E-state index contributed by atoms with van der Waals surface area (Å²) in [5.74, 6) is 0.0195. The number of amides is 1. The second-order valence-electron chi connectivity index (χ2n) is 2.88. The topological polar surface area (TPSA) is 46.3 Å². The fourth-order valence-electron chi connectivity index (χ4n) is 1.10. The van der Waals surface area contributed by atoms with E-state index in [0.29, 0.717) is 18.7 Å². The SMILES string of the molecule is CN(CCN)C(=O)c1ccccc1.Cl. The summed E-state index contributed by atoms with van der Waals surface area (Å²) in [5, 5.41) is 0. The zero-order chi connectivity index (χ0) is 9.68. The van der Waals surface area contributed by atoms with E-state index in [1.54, 1.807) is 24.1 Å². The van der Waals surface area contributed by atoms with Crippen LogP contribution in [0.4, 0.5) is 0 Å². The predicted molar refractivity (Wildman–Crippen MR) is 59.7 cm³/mol. The second-order valence-corrected chi connectivity index (χ2v) is 2.88. The Morgan fingerprint density at radius 2 is 1.93 bits per heavy atom. The quantitative estimate of drug-likeness (QED) is 0.820. The molecule has 1 amide bonds. The van der Waals surface area contributed by atoms with Crippen molar-refractivity contribution in [2.24, 2.45) is 5.73 Å². The number of likely N-dealkylation sites (N-methyl/N-ethyl adjacent to an activating group) is 1. The Labute approximate surface area is 90.3 Å². The first kappa shape index (κ1) is 12.9. The fourth-order valence-corrected chi connectivity index (χ4v) is 1.10. The summed E-state index contributed by atoms with van der Waals surface area (Å²) in [6.07, 6.45) is 0. The number of benzene rings is 1. The molecule has 0 atom stereocenters. The largest absolute Gasteiger partial charge is 0.340 e. The molecule has 2 N–H and O–H groups in total. The molecule has 0 heterocycles. The molecule has 14 heavy (non-hydrogen) atoms. The maximum atomic E-state index is 11.6. The van der Waals surface area contributed by atoms with E-state index in [0.717, 1.165) is 0 Å². The van der Waals surface area contributed by atoms with Crippen LogP contribution in [0.3, 0.4) is 0 Å². The summed E-state index contributed by atoms with van der Waals surface area (Å²) in [6, 6.07) is 9.19. The monoisotopic (exact) mass is 214 g/mol. The van der Waals surface area contributed by atoms with Crippen LogP contribution >= 0.6 is 12.4 Å². The molecular formula is C10H15ClN2O. The van der Waals surface area contributed by atoms with Gasteiger partial charge in [0.1, 0.15) is 0 Å². The lowest BCUT2D eigenvalue weighted by Crippen LogP contribution is -2.31. The van der Waals surface area contributed by atoms with Crippen LogP contribution in [0.2, 0.25) is 0 Å². The molecule has 1 rings (SSSR count). The number of hydrogen-bond donors (Lipinski definition) is 1. The van der Waals surface area contributed by atoms with E-state index in [1.165, 1.54) is 0 Å². The van der Waals surface area contributed by atoms with Gasteiger partial charge in [-0.3, -0.25) is 4.79 Å². The van der Waals surface area contributed by atoms with Gasteiger partial charge in [0.2, 0.25) is 0 Å². The van der Waals surface area contributed by atoms with Crippen LogP contribution in [0.15, 0.2) is 30.3 Å². The van der Waals surface area contributed by atoms with Crippen molar-refractivity contribution in [3.8, 4) is 0 Å². The van der Waals surface area contributed by atoms with Crippen LogP contribution in [0.25, 0.3) is 0 Å². The number of hydrogen-bond acceptors (Lipinski definition) is 2. The Bertz CT molecular complexity index is 277. The van der Waals surface area contributed by atoms with Gasteiger partial charge >= 0.3 is 0 Å². The van der Waals surface area contributed by atoms with Crippen LogP contribution in [0.1, 0.15) is 10.4 Å². The minimum absolute atomic E-state index is 0. The minimum atomic E-state index is 0. The average molecular weight is 215 g/mol. The highest BCUT2D eigenvalue weighted by Crippen LogP contribution is 2.01. The van der Waals surface area contributed by atoms with Crippen LogP contribution in [-0.4, -0.2) is 30.9 Å². The van der Waals surface area contributed by atoms with Crippen molar-refractivity contribution in [2.45, 2.75) is 0 Å². The van der Waals surface area contributed by atoms with Crippen LogP contribution in [0.5, 0.6) is 0 Å². The van der Waals surface area contributed by atoms with Gasteiger partial charge in [-0.25, -0.2) is 0 Å².